The van der Waals surface area contributed by atoms with Crippen molar-refractivity contribution in [3.05, 3.63) is 69.3 Å². The van der Waals surface area contributed by atoms with Gasteiger partial charge in [0.05, 0.1) is 15.7 Å². The molecular weight excluding hydrogens is 518 g/mol. The summed E-state index contributed by atoms with van der Waals surface area (Å²) in [6.07, 6.45) is -2.65. The number of alkyl halides is 3. The summed E-state index contributed by atoms with van der Waals surface area (Å²) in [5.74, 6) is -0.222. The van der Waals surface area contributed by atoms with Gasteiger partial charge in [0, 0.05) is 18.4 Å². The van der Waals surface area contributed by atoms with Crippen LogP contribution < -0.4 is 15.0 Å². The van der Waals surface area contributed by atoms with Gasteiger partial charge in [0.15, 0.2) is 6.73 Å². The monoisotopic (exact) mass is 537 g/mol. The van der Waals surface area contributed by atoms with E-state index in [1.807, 2.05) is 0 Å². The largest absolute Gasteiger partial charge is 0.455 e. The Labute approximate surface area is 214 Å². The van der Waals surface area contributed by atoms with Crippen molar-refractivity contribution in [2.75, 3.05) is 30.5 Å². The smallest absolute Gasteiger partial charge is 0.410 e. The molecule has 7 nitrogen and oxygen atoms in total. The zero-order chi connectivity index (χ0) is 25.8. The first kappa shape index (κ1) is 24.6. The minimum absolute atomic E-state index is 0.0705. The summed E-state index contributed by atoms with van der Waals surface area (Å²) in [6.45, 7) is 1.30. The molecule has 1 unspecified atom stereocenters. The lowest BCUT2D eigenvalue weighted by Gasteiger charge is -2.45. The van der Waals surface area contributed by atoms with Crippen LogP contribution in [0.25, 0.3) is 0 Å². The molecule has 2 aromatic carbocycles. The van der Waals surface area contributed by atoms with Crippen LogP contribution in [0.2, 0.25) is 10.0 Å². The van der Waals surface area contributed by atoms with Crippen LogP contribution in [0.15, 0.2) is 42.6 Å². The van der Waals surface area contributed by atoms with Gasteiger partial charge in [0.1, 0.15) is 11.1 Å². The Hall–Kier alpha value is -3.08. The molecule has 3 heterocycles. The van der Waals surface area contributed by atoms with Crippen LogP contribution >= 0.6 is 23.2 Å². The van der Waals surface area contributed by atoms with Crippen LogP contribution in [0.4, 0.5) is 30.5 Å². The molecule has 0 spiro atoms. The summed E-state index contributed by atoms with van der Waals surface area (Å²) in [5.41, 5.74) is -0.301. The van der Waals surface area contributed by atoms with Crippen molar-refractivity contribution in [1.82, 2.24) is 14.9 Å². The molecule has 1 N–H and O–H groups in total. The molecule has 0 radical (unpaired) electrons. The number of hydrogen-bond donors (Lipinski definition) is 1. The second-order valence-corrected chi connectivity index (χ2v) is 9.54. The second-order valence-electron chi connectivity index (χ2n) is 8.73. The third-order valence-electron chi connectivity index (χ3n) is 6.69. The van der Waals surface area contributed by atoms with Gasteiger partial charge >= 0.3 is 6.18 Å². The Kier molecular flexibility index (Phi) is 6.01. The number of carbonyl (C=O) groups excluding carboxylic acids is 1. The number of para-hydroxylation sites is 1. The maximum Gasteiger partial charge on any atom is 0.410 e. The molecule has 3 aromatic rings. The van der Waals surface area contributed by atoms with Crippen LogP contribution in [-0.4, -0.2) is 47.3 Å². The summed E-state index contributed by atoms with van der Waals surface area (Å²) in [4.78, 5) is 24.1. The Bertz CT molecular complexity index is 1350. The van der Waals surface area contributed by atoms with Gasteiger partial charge in [-0.1, -0.05) is 35.3 Å². The molecule has 1 atom stereocenters. The quantitative estimate of drug-likeness (QED) is 0.456. The topological polar surface area (TPSA) is 70.6 Å². The third-order valence-corrected chi connectivity index (χ3v) is 7.29. The molecule has 2 aliphatic heterocycles. The van der Waals surface area contributed by atoms with Crippen LogP contribution in [-0.2, 0) is 12.0 Å². The van der Waals surface area contributed by atoms with E-state index in [4.69, 9.17) is 27.9 Å². The van der Waals surface area contributed by atoms with Crippen LogP contribution in [0.1, 0.15) is 28.4 Å². The first-order valence-corrected chi connectivity index (χ1v) is 11.7. The number of anilines is 3. The average molecular weight is 538 g/mol. The SMILES string of the molecule is CN1CCc2cc(Nc3ncc4c(n3)OCN(c3c(Cl)cccc3Cl)C4=O)ccc2C1(C)C(F)(F)F. The van der Waals surface area contributed by atoms with Gasteiger partial charge in [0.2, 0.25) is 11.8 Å². The lowest BCUT2D eigenvalue weighted by molar-refractivity contribution is -0.230. The Balaban J connectivity index is 1.40. The van der Waals surface area contributed by atoms with E-state index in [2.05, 4.69) is 15.3 Å². The first-order valence-electron chi connectivity index (χ1n) is 10.9. The standard InChI is InChI=1S/C24H20Cl2F3N5O2/c1-23(24(27,28)29)16-7-6-14(10-13(16)8-9-33(23)2)31-22-30-11-15-20(32-22)36-12-34(21(15)35)19-17(25)4-3-5-18(19)26/h3-7,10-11H,8-9,12H2,1-2H3,(H,30,31,32). The number of amides is 1. The van der Waals surface area contributed by atoms with E-state index < -0.39 is 17.6 Å². The molecule has 0 saturated carbocycles. The summed E-state index contributed by atoms with van der Waals surface area (Å²) < 4.78 is 47.5. The highest BCUT2D eigenvalue weighted by Gasteiger charge is 2.57. The number of aromatic nitrogens is 2. The summed E-state index contributed by atoms with van der Waals surface area (Å²) >= 11 is 12.5. The fourth-order valence-electron chi connectivity index (χ4n) is 4.49. The number of rotatable bonds is 3. The Morgan fingerprint density at radius 2 is 1.89 bits per heavy atom. The molecule has 1 aromatic heterocycles. The predicted molar refractivity (Wildman–Crippen MR) is 130 cm³/mol. The van der Waals surface area contributed by atoms with Crippen molar-refractivity contribution in [2.45, 2.75) is 25.1 Å². The van der Waals surface area contributed by atoms with Crippen molar-refractivity contribution < 1.29 is 22.7 Å². The molecule has 0 fully saturated rings. The zero-order valence-electron chi connectivity index (χ0n) is 19.2. The number of benzene rings is 2. The normalized spacial score (nSPS) is 20.0. The molecule has 0 aliphatic carbocycles. The van der Waals surface area contributed by atoms with Gasteiger partial charge in [-0.15, -0.1) is 0 Å². The van der Waals surface area contributed by atoms with E-state index in [0.29, 0.717) is 33.4 Å². The van der Waals surface area contributed by atoms with Gasteiger partial charge in [-0.25, -0.2) is 4.98 Å². The number of nitrogens with zero attached hydrogens (tertiary/aromatic N) is 4. The fraction of sp³-hybridized carbons (Fsp3) is 0.292. The number of halogens is 5. The van der Waals surface area contributed by atoms with Crippen molar-refractivity contribution >= 4 is 46.4 Å². The highest BCUT2D eigenvalue weighted by atomic mass is 35.5. The predicted octanol–water partition coefficient (Wildman–Crippen LogP) is 5.79. The molecule has 188 valence electrons. The molecule has 5 rings (SSSR count). The summed E-state index contributed by atoms with van der Waals surface area (Å²) in [7, 11) is 1.48. The van der Waals surface area contributed by atoms with E-state index in [1.54, 1.807) is 30.3 Å². The molecule has 0 saturated heterocycles. The van der Waals surface area contributed by atoms with Crippen molar-refractivity contribution in [3.63, 3.8) is 0 Å². The average Bonchev–Trinajstić information content (AvgIpc) is 2.82. The molecule has 12 heteroatoms. The number of nitrogens with one attached hydrogen (secondary N) is 1. The van der Waals surface area contributed by atoms with Crippen LogP contribution in [0, 0.1) is 0 Å². The maximum absolute atomic E-state index is 13.9. The van der Waals surface area contributed by atoms with Gasteiger partial charge in [-0.2, -0.15) is 18.2 Å². The highest BCUT2D eigenvalue weighted by Crippen LogP contribution is 2.47. The van der Waals surface area contributed by atoms with E-state index in [-0.39, 0.29) is 36.2 Å². The second kappa shape index (κ2) is 8.79. The summed E-state index contributed by atoms with van der Waals surface area (Å²) in [5, 5.41) is 3.58. The molecule has 2 aliphatic rings. The summed E-state index contributed by atoms with van der Waals surface area (Å²) in [6, 6.07) is 9.59. The zero-order valence-corrected chi connectivity index (χ0v) is 20.7. The molecule has 36 heavy (non-hydrogen) atoms. The Morgan fingerprint density at radius 3 is 2.58 bits per heavy atom. The number of ether oxygens (including phenoxy) is 1. The minimum Gasteiger partial charge on any atom is -0.455 e. The van der Waals surface area contributed by atoms with E-state index in [0.717, 1.165) is 0 Å². The van der Waals surface area contributed by atoms with Gasteiger partial charge in [-0.3, -0.25) is 14.6 Å². The minimum atomic E-state index is -4.43. The third kappa shape index (κ3) is 3.93. The number of likely N-dealkylation sites (N-methyl/N-ethyl adjacent to an activating group) is 1. The lowest BCUT2D eigenvalue weighted by Crippen LogP contribution is -2.55. The van der Waals surface area contributed by atoms with Gasteiger partial charge in [0.25, 0.3) is 5.91 Å². The number of carbonyl (C=O) groups is 1. The molecule has 1 amide bonds. The fourth-order valence-corrected chi connectivity index (χ4v) is 5.10. The molecular formula is C24H20Cl2F3N5O2. The van der Waals surface area contributed by atoms with Crippen LogP contribution in [0.3, 0.4) is 0 Å². The maximum atomic E-state index is 13.9. The molecule has 0 bridgehead atoms. The van der Waals surface area contributed by atoms with E-state index >= 15 is 0 Å². The van der Waals surface area contributed by atoms with E-state index in [9.17, 15) is 18.0 Å². The highest BCUT2D eigenvalue weighted by molar-refractivity contribution is 6.40. The van der Waals surface area contributed by atoms with Crippen molar-refractivity contribution in [3.8, 4) is 5.88 Å². The Morgan fingerprint density at radius 1 is 1.17 bits per heavy atom. The first-order chi connectivity index (χ1) is 17.0. The van der Waals surface area contributed by atoms with Gasteiger partial charge < -0.3 is 10.1 Å². The van der Waals surface area contributed by atoms with Crippen LogP contribution in [0.5, 0.6) is 5.88 Å². The van der Waals surface area contributed by atoms with Gasteiger partial charge in [-0.05, 0) is 55.8 Å². The van der Waals surface area contributed by atoms with Crippen molar-refractivity contribution in [2.24, 2.45) is 0 Å². The number of fused-ring (bicyclic) bond motifs is 2. The number of hydrogen-bond acceptors (Lipinski definition) is 6. The lowest BCUT2D eigenvalue weighted by atomic mass is 9.81. The van der Waals surface area contributed by atoms with E-state index in [1.165, 1.54) is 36.0 Å². The van der Waals surface area contributed by atoms with Crippen molar-refractivity contribution in [1.29, 1.82) is 0 Å².